The molecule has 0 unspecified atom stereocenters. The van der Waals surface area contributed by atoms with E-state index in [9.17, 15) is 9.59 Å². The average molecular weight is 376 g/mol. The van der Waals surface area contributed by atoms with Crippen LogP contribution in [0.5, 0.6) is 0 Å². The molecule has 0 radical (unpaired) electrons. The zero-order valence-electron chi connectivity index (χ0n) is 15.5. The van der Waals surface area contributed by atoms with Gasteiger partial charge >= 0.3 is 0 Å². The maximum Gasteiger partial charge on any atom is 0.268 e. The number of carbonyl (C=O) groups excluding carboxylic acids is 1. The fourth-order valence-electron chi connectivity index (χ4n) is 3.54. The molecule has 4 aromatic rings. The van der Waals surface area contributed by atoms with Crippen LogP contribution in [0.1, 0.15) is 22.2 Å². The Kier molecular flexibility index (Phi) is 4.32. The number of nitrogens with zero attached hydrogens (tertiary/aromatic N) is 2. The first-order valence-electron chi connectivity index (χ1n) is 8.91. The van der Waals surface area contributed by atoms with E-state index < -0.39 is 0 Å². The molecule has 0 aliphatic carbocycles. The molecular formula is C22H20N2O2S. The largest absolute Gasteiger partial charge is 0.310 e. The summed E-state index contributed by atoms with van der Waals surface area (Å²) in [6, 6.07) is 17.4. The molecule has 0 bridgehead atoms. The number of anilines is 1. The Labute approximate surface area is 161 Å². The van der Waals surface area contributed by atoms with Crippen LogP contribution in [0.4, 0.5) is 5.69 Å². The van der Waals surface area contributed by atoms with Gasteiger partial charge in [-0.05, 0) is 37.6 Å². The summed E-state index contributed by atoms with van der Waals surface area (Å²) in [5, 5.41) is 1.62. The summed E-state index contributed by atoms with van der Waals surface area (Å²) in [6.45, 7) is 4.54. The van der Waals surface area contributed by atoms with Crippen LogP contribution in [0.2, 0.25) is 0 Å². The number of rotatable bonds is 3. The Morgan fingerprint density at radius 3 is 2.52 bits per heavy atom. The highest BCUT2D eigenvalue weighted by Gasteiger charge is 2.20. The highest BCUT2D eigenvalue weighted by atomic mass is 32.1. The number of aromatic nitrogens is 1. The van der Waals surface area contributed by atoms with E-state index in [0.717, 1.165) is 26.9 Å². The number of hydrogen-bond donors (Lipinski definition) is 0. The van der Waals surface area contributed by atoms with Crippen molar-refractivity contribution in [1.82, 2.24) is 4.57 Å². The Balaban J connectivity index is 1.90. The van der Waals surface area contributed by atoms with E-state index in [1.807, 2.05) is 62.4 Å². The standard InChI is InChI=1S/C22H20N2O2S/c1-4-24-18-12-8-6-10-15(18)20-16(21(24)25)13-19(27-20)22(26)23(3)17-11-7-5-9-14(17)2/h5-13H,4H2,1-3H3. The quantitative estimate of drug-likeness (QED) is 0.514. The van der Waals surface area contributed by atoms with Gasteiger partial charge in [0.15, 0.2) is 0 Å². The van der Waals surface area contributed by atoms with Crippen molar-refractivity contribution in [3.05, 3.63) is 75.4 Å². The van der Waals surface area contributed by atoms with Crippen LogP contribution in [-0.4, -0.2) is 17.5 Å². The minimum absolute atomic E-state index is 0.0416. The molecule has 4 nitrogen and oxygen atoms in total. The van der Waals surface area contributed by atoms with Crippen LogP contribution < -0.4 is 10.5 Å². The molecule has 0 N–H and O–H groups in total. The molecule has 2 heterocycles. The van der Waals surface area contributed by atoms with Crippen molar-refractivity contribution in [1.29, 1.82) is 0 Å². The van der Waals surface area contributed by atoms with Crippen LogP contribution in [0.3, 0.4) is 0 Å². The van der Waals surface area contributed by atoms with Crippen LogP contribution in [-0.2, 0) is 6.54 Å². The number of benzene rings is 2. The van der Waals surface area contributed by atoms with Crippen molar-refractivity contribution in [2.24, 2.45) is 0 Å². The normalized spacial score (nSPS) is 11.2. The minimum atomic E-state index is -0.1000. The Bertz CT molecular complexity index is 1240. The molecule has 2 aromatic carbocycles. The predicted octanol–water partition coefficient (Wildman–Crippen LogP) is 4.82. The molecule has 0 atom stereocenters. The van der Waals surface area contributed by atoms with Gasteiger partial charge in [0.1, 0.15) is 0 Å². The van der Waals surface area contributed by atoms with Crippen molar-refractivity contribution in [3.63, 3.8) is 0 Å². The lowest BCUT2D eigenvalue weighted by molar-refractivity contribution is 0.0997. The Morgan fingerprint density at radius 2 is 1.78 bits per heavy atom. The molecule has 0 fully saturated rings. The Morgan fingerprint density at radius 1 is 1.07 bits per heavy atom. The third-order valence-electron chi connectivity index (χ3n) is 4.96. The maximum atomic E-state index is 13.1. The van der Waals surface area contributed by atoms with Crippen molar-refractivity contribution >= 4 is 43.9 Å². The lowest BCUT2D eigenvalue weighted by atomic mass is 10.1. The summed E-state index contributed by atoms with van der Waals surface area (Å²) >= 11 is 1.39. The van der Waals surface area contributed by atoms with Gasteiger partial charge in [-0.2, -0.15) is 0 Å². The van der Waals surface area contributed by atoms with Gasteiger partial charge < -0.3 is 9.47 Å². The number of thiophene rings is 1. The number of fused-ring (bicyclic) bond motifs is 3. The number of hydrogen-bond acceptors (Lipinski definition) is 3. The summed E-state index contributed by atoms with van der Waals surface area (Å²) in [7, 11) is 1.78. The van der Waals surface area contributed by atoms with E-state index in [1.54, 1.807) is 22.6 Å². The monoisotopic (exact) mass is 376 g/mol. The number of pyridine rings is 1. The molecule has 0 spiro atoms. The van der Waals surface area contributed by atoms with Crippen molar-refractivity contribution in [3.8, 4) is 0 Å². The van der Waals surface area contributed by atoms with Crippen LogP contribution in [0.15, 0.2) is 59.4 Å². The molecule has 4 rings (SSSR count). The van der Waals surface area contributed by atoms with E-state index in [1.165, 1.54) is 11.3 Å². The molecule has 27 heavy (non-hydrogen) atoms. The number of carbonyl (C=O) groups is 1. The first-order valence-corrected chi connectivity index (χ1v) is 9.73. The molecule has 2 aromatic heterocycles. The molecule has 0 aliphatic heterocycles. The minimum Gasteiger partial charge on any atom is -0.310 e. The van der Waals surface area contributed by atoms with Gasteiger partial charge in [-0.25, -0.2) is 0 Å². The highest BCUT2D eigenvalue weighted by molar-refractivity contribution is 7.21. The first-order chi connectivity index (χ1) is 13.0. The van der Waals surface area contributed by atoms with Crippen LogP contribution >= 0.6 is 11.3 Å². The second-order valence-corrected chi connectivity index (χ2v) is 7.62. The van der Waals surface area contributed by atoms with Crippen molar-refractivity contribution in [2.75, 3.05) is 11.9 Å². The summed E-state index contributed by atoms with van der Waals surface area (Å²) in [6.07, 6.45) is 0. The number of amides is 1. The van der Waals surface area contributed by atoms with Crippen LogP contribution in [0.25, 0.3) is 21.0 Å². The van der Waals surface area contributed by atoms with E-state index >= 15 is 0 Å². The van der Waals surface area contributed by atoms with Crippen molar-refractivity contribution < 1.29 is 4.79 Å². The third kappa shape index (κ3) is 2.75. The molecular weight excluding hydrogens is 356 g/mol. The van der Waals surface area contributed by atoms with Gasteiger partial charge in [0.2, 0.25) is 0 Å². The molecule has 136 valence electrons. The summed E-state index contributed by atoms with van der Waals surface area (Å²) < 4.78 is 2.64. The topological polar surface area (TPSA) is 42.3 Å². The average Bonchev–Trinajstić information content (AvgIpc) is 3.14. The number of para-hydroxylation sites is 2. The first kappa shape index (κ1) is 17.5. The molecule has 1 amide bonds. The summed E-state index contributed by atoms with van der Waals surface area (Å²) in [5.74, 6) is -0.1000. The fraction of sp³-hybridized carbons (Fsp3) is 0.182. The van der Waals surface area contributed by atoms with Gasteiger partial charge in [-0.3, -0.25) is 9.59 Å². The lowest BCUT2D eigenvalue weighted by Crippen LogP contribution is -2.26. The van der Waals surface area contributed by atoms with E-state index in [4.69, 9.17) is 0 Å². The number of aryl methyl sites for hydroxylation is 2. The fourth-order valence-corrected chi connectivity index (χ4v) is 4.70. The van der Waals surface area contributed by atoms with Crippen LogP contribution in [0, 0.1) is 6.92 Å². The SMILES string of the molecule is CCn1c(=O)c2cc(C(=O)N(C)c3ccccc3C)sc2c2ccccc21. The third-order valence-corrected chi connectivity index (χ3v) is 6.11. The molecule has 0 saturated heterocycles. The van der Waals surface area contributed by atoms with Gasteiger partial charge in [0, 0.05) is 29.4 Å². The predicted molar refractivity (Wildman–Crippen MR) is 113 cm³/mol. The zero-order chi connectivity index (χ0) is 19.1. The van der Waals surface area contributed by atoms with Gasteiger partial charge in [0.05, 0.1) is 15.8 Å². The van der Waals surface area contributed by atoms with Gasteiger partial charge in [-0.1, -0.05) is 36.4 Å². The zero-order valence-corrected chi connectivity index (χ0v) is 16.3. The van der Waals surface area contributed by atoms with Crippen molar-refractivity contribution in [2.45, 2.75) is 20.4 Å². The lowest BCUT2D eigenvalue weighted by Gasteiger charge is -2.18. The maximum absolute atomic E-state index is 13.1. The van der Waals surface area contributed by atoms with E-state index in [0.29, 0.717) is 16.8 Å². The smallest absolute Gasteiger partial charge is 0.268 e. The second kappa shape index (κ2) is 6.67. The van der Waals surface area contributed by atoms with E-state index in [-0.39, 0.29) is 11.5 Å². The second-order valence-electron chi connectivity index (χ2n) is 6.57. The summed E-state index contributed by atoms with van der Waals surface area (Å²) in [5.41, 5.74) is 2.77. The van der Waals surface area contributed by atoms with Gasteiger partial charge in [0.25, 0.3) is 11.5 Å². The highest BCUT2D eigenvalue weighted by Crippen LogP contribution is 2.32. The summed E-state index contributed by atoms with van der Waals surface area (Å²) in [4.78, 5) is 28.3. The Hall–Kier alpha value is -2.92. The molecule has 0 aliphatic rings. The van der Waals surface area contributed by atoms with E-state index in [2.05, 4.69) is 0 Å². The van der Waals surface area contributed by atoms with Gasteiger partial charge in [-0.15, -0.1) is 11.3 Å². The molecule has 0 saturated carbocycles. The molecule has 5 heteroatoms.